The molecule has 0 saturated carbocycles. The number of para-hydroxylation sites is 1. The van der Waals surface area contributed by atoms with E-state index in [9.17, 15) is 19.5 Å². The molecule has 0 bridgehead atoms. The molecule has 0 saturated heterocycles. The first-order valence-electron chi connectivity index (χ1n) is 11.8. The van der Waals surface area contributed by atoms with Gasteiger partial charge in [-0.2, -0.15) is 0 Å². The Bertz CT molecular complexity index is 881. The normalized spacial score (nSPS) is 13.9. The molecule has 3 N–H and O–H groups in total. The molecule has 0 aromatic heterocycles. The number of carbonyl (C=O) groups is 3. The second kappa shape index (κ2) is 11.1. The molecule has 0 aliphatic rings. The summed E-state index contributed by atoms with van der Waals surface area (Å²) in [6, 6.07) is 2.88. The largest absolute Gasteiger partial charge is 0.507 e. The molecule has 8 heteroatoms. The van der Waals surface area contributed by atoms with E-state index in [1.165, 1.54) is 4.90 Å². The van der Waals surface area contributed by atoms with Crippen molar-refractivity contribution in [2.75, 3.05) is 0 Å². The Balaban J connectivity index is 3.63. The van der Waals surface area contributed by atoms with Gasteiger partial charge in [-0.15, -0.1) is 0 Å². The van der Waals surface area contributed by atoms with Crippen molar-refractivity contribution >= 4 is 17.9 Å². The summed E-state index contributed by atoms with van der Waals surface area (Å²) in [6.45, 7) is 19.7. The van der Waals surface area contributed by atoms with Crippen LogP contribution in [0.1, 0.15) is 86.4 Å². The maximum Gasteiger partial charge on any atom is 0.408 e. The predicted molar refractivity (Wildman–Crippen MR) is 133 cm³/mol. The third-order valence-electron chi connectivity index (χ3n) is 5.07. The van der Waals surface area contributed by atoms with Crippen molar-refractivity contribution in [3.63, 3.8) is 0 Å². The molecule has 192 valence electrons. The summed E-state index contributed by atoms with van der Waals surface area (Å²) in [5, 5.41) is 16.4. The van der Waals surface area contributed by atoms with E-state index in [-0.39, 0.29) is 17.7 Å². The van der Waals surface area contributed by atoms with E-state index in [0.717, 1.165) is 0 Å². The Hall–Kier alpha value is -2.77. The molecule has 0 heterocycles. The van der Waals surface area contributed by atoms with Gasteiger partial charge in [-0.25, -0.2) is 4.79 Å². The Kier molecular flexibility index (Phi) is 9.56. The molecule has 1 aromatic rings. The first kappa shape index (κ1) is 29.3. The Morgan fingerprint density at radius 1 is 0.971 bits per heavy atom. The molecule has 0 aliphatic carbocycles. The fourth-order valence-electron chi connectivity index (χ4n) is 3.61. The lowest BCUT2D eigenvalue weighted by molar-refractivity contribution is -0.149. The Labute approximate surface area is 204 Å². The monoisotopic (exact) mass is 477 g/mol. The van der Waals surface area contributed by atoms with Gasteiger partial charge in [0.15, 0.2) is 0 Å². The van der Waals surface area contributed by atoms with Crippen molar-refractivity contribution in [2.45, 2.75) is 105 Å². The molecular formula is C26H43N3O5. The highest BCUT2D eigenvalue weighted by Crippen LogP contribution is 2.36. The van der Waals surface area contributed by atoms with Crippen molar-refractivity contribution in [1.82, 2.24) is 15.5 Å². The van der Waals surface area contributed by atoms with Crippen LogP contribution in [0.4, 0.5) is 4.79 Å². The molecule has 0 radical (unpaired) electrons. The number of nitrogens with zero attached hydrogens (tertiary/aromatic N) is 1. The van der Waals surface area contributed by atoms with Gasteiger partial charge in [0.1, 0.15) is 23.4 Å². The van der Waals surface area contributed by atoms with E-state index < -0.39 is 41.1 Å². The number of hydrogen-bond donors (Lipinski definition) is 3. The number of aryl methyl sites for hydroxylation is 1. The molecule has 0 spiro atoms. The molecule has 2 atom stereocenters. The average molecular weight is 478 g/mol. The minimum absolute atomic E-state index is 0.0466. The highest BCUT2D eigenvalue weighted by atomic mass is 16.6. The minimum atomic E-state index is -1.11. The maximum atomic E-state index is 14.0. The van der Waals surface area contributed by atoms with E-state index in [4.69, 9.17) is 4.74 Å². The number of nitrogens with one attached hydrogen (secondary N) is 2. The molecule has 8 nitrogen and oxygen atoms in total. The highest BCUT2D eigenvalue weighted by molar-refractivity contribution is 5.93. The van der Waals surface area contributed by atoms with E-state index in [0.29, 0.717) is 11.1 Å². The lowest BCUT2D eigenvalue weighted by Crippen LogP contribution is -2.60. The number of hydrogen-bond acceptors (Lipinski definition) is 5. The van der Waals surface area contributed by atoms with Gasteiger partial charge >= 0.3 is 6.09 Å². The van der Waals surface area contributed by atoms with Crippen LogP contribution in [-0.4, -0.2) is 51.1 Å². The molecule has 0 aliphatic heterocycles. The number of ether oxygens (including phenoxy) is 1. The predicted octanol–water partition coefficient (Wildman–Crippen LogP) is 4.44. The van der Waals surface area contributed by atoms with E-state index >= 15 is 0 Å². The van der Waals surface area contributed by atoms with Gasteiger partial charge in [0.2, 0.25) is 11.8 Å². The number of carbonyl (C=O) groups excluding carboxylic acids is 3. The molecule has 1 aromatic carbocycles. The van der Waals surface area contributed by atoms with Crippen LogP contribution in [0.25, 0.3) is 0 Å². The number of aromatic hydroxyl groups is 1. The highest BCUT2D eigenvalue weighted by Gasteiger charge is 2.43. The third-order valence-corrected chi connectivity index (χ3v) is 5.07. The molecule has 34 heavy (non-hydrogen) atoms. The smallest absolute Gasteiger partial charge is 0.408 e. The molecule has 1 rings (SSSR count). The summed E-state index contributed by atoms with van der Waals surface area (Å²) in [5.41, 5.74) is -0.643. The summed E-state index contributed by atoms with van der Waals surface area (Å²) in [4.78, 5) is 41.5. The van der Waals surface area contributed by atoms with Crippen molar-refractivity contribution in [3.8, 4) is 5.75 Å². The van der Waals surface area contributed by atoms with Gasteiger partial charge in [-0.05, 0) is 73.8 Å². The number of rotatable bonds is 7. The van der Waals surface area contributed by atoms with Gasteiger partial charge in [0.05, 0.1) is 0 Å². The van der Waals surface area contributed by atoms with Crippen LogP contribution in [0, 0.1) is 12.8 Å². The summed E-state index contributed by atoms with van der Waals surface area (Å²) < 4.78 is 5.37. The summed E-state index contributed by atoms with van der Waals surface area (Å²) >= 11 is 0. The second-order valence-electron chi connectivity index (χ2n) is 11.3. The summed E-state index contributed by atoms with van der Waals surface area (Å²) in [7, 11) is 0. The third kappa shape index (κ3) is 7.92. The van der Waals surface area contributed by atoms with Crippen LogP contribution < -0.4 is 10.6 Å². The fourth-order valence-corrected chi connectivity index (χ4v) is 3.61. The van der Waals surface area contributed by atoms with Crippen LogP contribution >= 0.6 is 0 Å². The van der Waals surface area contributed by atoms with Gasteiger partial charge in [0, 0.05) is 17.1 Å². The molecular weight excluding hydrogens is 434 g/mol. The lowest BCUT2D eigenvalue weighted by atomic mass is 9.92. The quantitative estimate of drug-likeness (QED) is 0.538. The van der Waals surface area contributed by atoms with E-state index in [1.54, 1.807) is 45.9 Å². The first-order chi connectivity index (χ1) is 15.4. The second-order valence-corrected chi connectivity index (χ2v) is 11.3. The average Bonchev–Trinajstić information content (AvgIpc) is 2.63. The fraction of sp³-hybridized carbons (Fsp3) is 0.654. The van der Waals surface area contributed by atoms with Crippen molar-refractivity contribution in [2.24, 2.45) is 5.92 Å². The Morgan fingerprint density at radius 2 is 1.53 bits per heavy atom. The molecule has 2 unspecified atom stereocenters. The Morgan fingerprint density at radius 3 is 1.97 bits per heavy atom. The lowest BCUT2D eigenvalue weighted by Gasteiger charge is -2.44. The van der Waals surface area contributed by atoms with Crippen LogP contribution in [0.3, 0.4) is 0 Å². The number of phenolic OH excluding ortho intramolecular Hbond substituents is 1. The van der Waals surface area contributed by atoms with Crippen LogP contribution in [0.15, 0.2) is 18.2 Å². The van der Waals surface area contributed by atoms with Gasteiger partial charge in [0.25, 0.3) is 0 Å². The van der Waals surface area contributed by atoms with Crippen molar-refractivity contribution < 1.29 is 24.2 Å². The standard InChI is InChI=1S/C26H43N3O5/c1-15(2)19(28-24(33)34-26(9,10)11)23(32)29(25(6,7)8)20(22(31)27-16(3)4)18-14-12-13-17(5)21(18)30/h12-16,19-20,30H,1-11H3,(H,27,31)(H,28,33). The van der Waals surface area contributed by atoms with Crippen LogP contribution in [-0.2, 0) is 14.3 Å². The van der Waals surface area contributed by atoms with Gasteiger partial charge < -0.3 is 25.4 Å². The minimum Gasteiger partial charge on any atom is -0.507 e. The van der Waals surface area contributed by atoms with Gasteiger partial charge in [-0.1, -0.05) is 32.0 Å². The van der Waals surface area contributed by atoms with Crippen LogP contribution in [0.5, 0.6) is 5.75 Å². The summed E-state index contributed by atoms with van der Waals surface area (Å²) in [6.07, 6.45) is -0.713. The SMILES string of the molecule is Cc1cccc(C(C(=O)NC(C)C)N(C(=O)C(NC(=O)OC(C)(C)C)C(C)C)C(C)(C)C)c1O. The van der Waals surface area contributed by atoms with Crippen molar-refractivity contribution in [1.29, 1.82) is 0 Å². The first-order valence-corrected chi connectivity index (χ1v) is 11.8. The maximum absolute atomic E-state index is 14.0. The number of alkyl carbamates (subject to hydrolysis) is 1. The van der Waals surface area contributed by atoms with Crippen molar-refractivity contribution in [3.05, 3.63) is 29.3 Å². The van der Waals surface area contributed by atoms with Crippen LogP contribution in [0.2, 0.25) is 0 Å². The topological polar surface area (TPSA) is 108 Å². The number of phenols is 1. The number of benzene rings is 1. The summed E-state index contributed by atoms with van der Waals surface area (Å²) in [5.74, 6) is -1.20. The molecule has 0 fully saturated rings. The van der Waals surface area contributed by atoms with E-state index in [1.807, 2.05) is 48.5 Å². The molecule has 3 amide bonds. The van der Waals surface area contributed by atoms with E-state index in [2.05, 4.69) is 10.6 Å². The van der Waals surface area contributed by atoms with Gasteiger partial charge in [-0.3, -0.25) is 9.59 Å². The zero-order chi connectivity index (χ0) is 26.6. The number of amides is 3. The zero-order valence-corrected chi connectivity index (χ0v) is 22.6. The zero-order valence-electron chi connectivity index (χ0n) is 22.6.